The molecule has 1 aliphatic carbocycles. The van der Waals surface area contributed by atoms with Gasteiger partial charge in [0.15, 0.2) is 5.65 Å². The highest BCUT2D eigenvalue weighted by molar-refractivity contribution is 6.06. The van der Waals surface area contributed by atoms with E-state index in [0.29, 0.717) is 24.6 Å². The third-order valence-corrected chi connectivity index (χ3v) is 5.86. The van der Waals surface area contributed by atoms with Crippen LogP contribution >= 0.6 is 0 Å². The van der Waals surface area contributed by atoms with Gasteiger partial charge in [-0.3, -0.25) is 14.2 Å². The van der Waals surface area contributed by atoms with Gasteiger partial charge in [-0.15, -0.1) is 0 Å². The quantitative estimate of drug-likeness (QED) is 0.483. The lowest BCUT2D eigenvalue weighted by Crippen LogP contribution is -2.26. The van der Waals surface area contributed by atoms with Crippen LogP contribution in [0.4, 0.5) is 0 Å². The van der Waals surface area contributed by atoms with E-state index in [9.17, 15) is 4.79 Å². The molecule has 1 aliphatic rings. The molecule has 0 bridgehead atoms. The smallest absolute Gasteiger partial charge is 0.254 e. The molecule has 3 aromatic heterocycles. The van der Waals surface area contributed by atoms with Crippen LogP contribution in [0.25, 0.3) is 11.0 Å². The number of amides is 1. The van der Waals surface area contributed by atoms with Crippen molar-refractivity contribution < 1.29 is 4.79 Å². The van der Waals surface area contributed by atoms with Crippen molar-refractivity contribution in [1.29, 1.82) is 0 Å². The number of benzene rings is 1. The maximum Gasteiger partial charge on any atom is 0.254 e. The first kappa shape index (κ1) is 19.5. The predicted molar refractivity (Wildman–Crippen MR) is 119 cm³/mol. The van der Waals surface area contributed by atoms with Crippen LogP contribution in [-0.4, -0.2) is 42.4 Å². The molecule has 1 amide bonds. The highest BCUT2D eigenvalue weighted by Crippen LogP contribution is 2.40. The molecule has 31 heavy (non-hydrogen) atoms. The Bertz CT molecular complexity index is 1250. The molecule has 0 atom stereocenters. The number of hydrogen-bond acceptors (Lipinski definition) is 4. The number of fused-ring (bicyclic) bond motifs is 1. The van der Waals surface area contributed by atoms with Gasteiger partial charge in [0, 0.05) is 44.0 Å². The van der Waals surface area contributed by atoms with E-state index in [2.05, 4.69) is 22.3 Å². The SMILES string of the molecule is Cc1nn(C)c2nc(C3CC3)cc(C(=O)N(C)Cc3cnn(Cc4ccccc4)c3)c12. The second-order valence-corrected chi connectivity index (χ2v) is 8.47. The van der Waals surface area contributed by atoms with Gasteiger partial charge < -0.3 is 4.90 Å². The van der Waals surface area contributed by atoms with Crippen LogP contribution in [-0.2, 0) is 20.1 Å². The molecule has 1 fully saturated rings. The fourth-order valence-electron chi connectivity index (χ4n) is 4.12. The van der Waals surface area contributed by atoms with Gasteiger partial charge in [0.05, 0.1) is 29.4 Å². The van der Waals surface area contributed by atoms with E-state index in [1.165, 1.54) is 5.56 Å². The zero-order valence-corrected chi connectivity index (χ0v) is 18.1. The zero-order valence-electron chi connectivity index (χ0n) is 18.1. The minimum Gasteiger partial charge on any atom is -0.337 e. The van der Waals surface area contributed by atoms with Crippen LogP contribution in [0.1, 0.15) is 51.6 Å². The van der Waals surface area contributed by atoms with Gasteiger partial charge in [0.2, 0.25) is 0 Å². The van der Waals surface area contributed by atoms with Crippen molar-refractivity contribution >= 4 is 16.9 Å². The normalized spacial score (nSPS) is 13.6. The number of aryl methyl sites for hydroxylation is 2. The number of nitrogens with zero attached hydrogens (tertiary/aromatic N) is 6. The monoisotopic (exact) mass is 414 g/mol. The predicted octanol–water partition coefficient (Wildman–Crippen LogP) is 3.67. The summed E-state index contributed by atoms with van der Waals surface area (Å²) in [5.41, 5.74) is 5.51. The van der Waals surface area contributed by atoms with Crippen molar-refractivity contribution in [3.05, 3.63) is 76.9 Å². The summed E-state index contributed by atoms with van der Waals surface area (Å²) in [6.07, 6.45) is 6.11. The number of aromatic nitrogens is 5. The lowest BCUT2D eigenvalue weighted by molar-refractivity contribution is 0.0787. The molecule has 0 unspecified atom stereocenters. The Balaban J connectivity index is 1.39. The van der Waals surface area contributed by atoms with Crippen LogP contribution in [0.2, 0.25) is 0 Å². The van der Waals surface area contributed by atoms with Crippen LogP contribution in [0.5, 0.6) is 0 Å². The van der Waals surface area contributed by atoms with Crippen molar-refractivity contribution in [2.75, 3.05) is 7.05 Å². The number of rotatable bonds is 6. The summed E-state index contributed by atoms with van der Waals surface area (Å²) >= 11 is 0. The van der Waals surface area contributed by atoms with Gasteiger partial charge in [-0.05, 0) is 31.4 Å². The highest BCUT2D eigenvalue weighted by atomic mass is 16.2. The molecule has 0 radical (unpaired) electrons. The van der Waals surface area contributed by atoms with Gasteiger partial charge in [0.1, 0.15) is 0 Å². The Morgan fingerprint density at radius 3 is 2.71 bits per heavy atom. The average molecular weight is 415 g/mol. The molecular formula is C24H26N6O. The number of hydrogen-bond donors (Lipinski definition) is 0. The Labute approximate surface area is 181 Å². The number of carbonyl (C=O) groups is 1. The molecule has 4 aromatic rings. The summed E-state index contributed by atoms with van der Waals surface area (Å²) in [5, 5.41) is 9.83. The van der Waals surface area contributed by atoms with Crippen LogP contribution in [0.15, 0.2) is 48.8 Å². The van der Waals surface area contributed by atoms with E-state index in [-0.39, 0.29) is 5.91 Å². The second kappa shape index (κ2) is 7.65. The molecule has 7 nitrogen and oxygen atoms in total. The number of pyridine rings is 1. The standard InChI is InChI=1S/C24H26N6O/c1-16-22-20(11-21(19-9-10-19)26-23(22)29(3)27-16)24(31)28(2)13-18-12-25-30(15-18)14-17-7-5-4-6-8-17/h4-8,11-12,15,19H,9-10,13-14H2,1-3H3. The fourth-order valence-corrected chi connectivity index (χ4v) is 4.12. The van der Waals surface area contributed by atoms with Crippen molar-refractivity contribution in [3.63, 3.8) is 0 Å². The molecule has 3 heterocycles. The van der Waals surface area contributed by atoms with Gasteiger partial charge >= 0.3 is 0 Å². The first-order valence-corrected chi connectivity index (χ1v) is 10.6. The summed E-state index contributed by atoms with van der Waals surface area (Å²) in [5.74, 6) is 0.453. The number of carbonyl (C=O) groups excluding carboxylic acids is 1. The lowest BCUT2D eigenvalue weighted by Gasteiger charge is -2.17. The van der Waals surface area contributed by atoms with E-state index in [1.54, 1.807) is 9.58 Å². The van der Waals surface area contributed by atoms with Crippen molar-refractivity contribution in [1.82, 2.24) is 29.4 Å². The fraction of sp³-hybridized carbons (Fsp3) is 0.333. The first-order chi connectivity index (χ1) is 15.0. The third kappa shape index (κ3) is 3.83. The Morgan fingerprint density at radius 2 is 1.97 bits per heavy atom. The molecule has 0 aliphatic heterocycles. The van der Waals surface area contributed by atoms with Crippen molar-refractivity contribution in [2.24, 2.45) is 7.05 Å². The largest absolute Gasteiger partial charge is 0.337 e. The maximum atomic E-state index is 13.5. The molecule has 7 heteroatoms. The van der Waals surface area contributed by atoms with Crippen molar-refractivity contribution in [3.8, 4) is 0 Å². The average Bonchev–Trinajstić information content (AvgIpc) is 3.47. The minimum atomic E-state index is -0.0128. The van der Waals surface area contributed by atoms with E-state index >= 15 is 0 Å². The van der Waals surface area contributed by atoms with Crippen LogP contribution in [0, 0.1) is 6.92 Å². The van der Waals surface area contributed by atoms with Gasteiger partial charge in [-0.2, -0.15) is 10.2 Å². The lowest BCUT2D eigenvalue weighted by atomic mass is 10.1. The topological polar surface area (TPSA) is 68.8 Å². The first-order valence-electron chi connectivity index (χ1n) is 10.6. The van der Waals surface area contributed by atoms with Crippen molar-refractivity contribution in [2.45, 2.75) is 38.8 Å². The van der Waals surface area contributed by atoms with Gasteiger partial charge in [-0.25, -0.2) is 4.98 Å². The molecule has 1 saturated carbocycles. The molecule has 0 spiro atoms. The van der Waals surface area contributed by atoms with Gasteiger partial charge in [-0.1, -0.05) is 30.3 Å². The Kier molecular flexibility index (Phi) is 4.81. The van der Waals surface area contributed by atoms with E-state index in [4.69, 9.17) is 4.98 Å². The summed E-state index contributed by atoms with van der Waals surface area (Å²) in [7, 11) is 3.73. The van der Waals surface area contributed by atoms with Gasteiger partial charge in [0.25, 0.3) is 5.91 Å². The van der Waals surface area contributed by atoms with E-state index in [0.717, 1.165) is 40.8 Å². The summed E-state index contributed by atoms with van der Waals surface area (Å²) < 4.78 is 3.69. The molecule has 1 aromatic carbocycles. The molecule has 0 saturated heterocycles. The highest BCUT2D eigenvalue weighted by Gasteiger charge is 2.29. The van der Waals surface area contributed by atoms with E-state index < -0.39 is 0 Å². The third-order valence-electron chi connectivity index (χ3n) is 5.86. The molecule has 0 N–H and O–H groups in total. The summed E-state index contributed by atoms with van der Waals surface area (Å²) in [4.78, 5) is 20.0. The molecule has 158 valence electrons. The van der Waals surface area contributed by atoms with E-state index in [1.807, 2.05) is 62.4 Å². The Hall–Kier alpha value is -3.48. The minimum absolute atomic E-state index is 0.0128. The van der Waals surface area contributed by atoms with Crippen LogP contribution in [0.3, 0.4) is 0 Å². The molecule has 5 rings (SSSR count). The van der Waals surface area contributed by atoms with Crippen LogP contribution < -0.4 is 0 Å². The summed E-state index contributed by atoms with van der Waals surface area (Å²) in [6, 6.07) is 12.2. The Morgan fingerprint density at radius 1 is 1.19 bits per heavy atom. The zero-order chi connectivity index (χ0) is 21.5. The summed E-state index contributed by atoms with van der Waals surface area (Å²) in [6.45, 7) is 3.14. The molecular weight excluding hydrogens is 388 g/mol. The second-order valence-electron chi connectivity index (χ2n) is 8.47. The maximum absolute atomic E-state index is 13.5.